The second kappa shape index (κ2) is 14.1. The van der Waals surface area contributed by atoms with Gasteiger partial charge >= 0.3 is 6.85 Å². The van der Waals surface area contributed by atoms with Gasteiger partial charge in [-0.25, -0.2) is 0 Å². The standard InChI is InChI=1S/C63H50BN3O/c1-39-33-49-48-36-45(65(43-20-11-7-12-21-43)44-22-13-8-14-23-44)27-30-53(48)67(46-26-28-50-51(37-46)63(4,5)32-31-62(50,2)3)64-52-34-42-35-56(41-18-9-6-10-19-41)68-57(42)38-55(52)66-54-29-25-40-17-15-16-24-47(40)59(54)58(39)61(66)60(49)64/h6-30,33-38H,31-32H2,1-5H3. The van der Waals surface area contributed by atoms with Gasteiger partial charge in [0.1, 0.15) is 11.3 Å². The largest absolute Gasteiger partial charge is 0.456 e. The maximum Gasteiger partial charge on any atom is 0.333 e. The molecule has 2 aliphatic heterocycles. The highest BCUT2D eigenvalue weighted by atomic mass is 16.3. The van der Waals surface area contributed by atoms with E-state index in [-0.39, 0.29) is 17.7 Å². The zero-order chi connectivity index (χ0) is 45.6. The predicted octanol–water partition coefficient (Wildman–Crippen LogP) is 15.7. The molecule has 326 valence electrons. The molecule has 0 atom stereocenters. The minimum atomic E-state index is -0.138. The lowest BCUT2D eigenvalue weighted by Crippen LogP contribution is -2.60. The number of para-hydroxylation sites is 2. The molecule has 4 heterocycles. The maximum atomic E-state index is 6.84. The fourth-order valence-electron chi connectivity index (χ4n) is 12.5. The molecule has 0 fully saturated rings. The Morgan fingerprint density at radius 2 is 1.24 bits per heavy atom. The monoisotopic (exact) mass is 875 g/mol. The Balaban J connectivity index is 1.12. The summed E-state index contributed by atoms with van der Waals surface area (Å²) in [5.41, 5.74) is 20.9. The lowest BCUT2D eigenvalue weighted by molar-refractivity contribution is 0.332. The van der Waals surface area contributed by atoms with Crippen LogP contribution in [-0.4, -0.2) is 11.4 Å². The number of furan rings is 1. The lowest BCUT2D eigenvalue weighted by atomic mass is 9.43. The summed E-state index contributed by atoms with van der Waals surface area (Å²) in [6.07, 6.45) is 2.32. The van der Waals surface area contributed by atoms with Crippen molar-refractivity contribution >= 4 is 89.8 Å². The minimum Gasteiger partial charge on any atom is -0.456 e. The number of aryl methyl sites for hydroxylation is 1. The van der Waals surface area contributed by atoms with Crippen LogP contribution in [0.15, 0.2) is 192 Å². The van der Waals surface area contributed by atoms with E-state index in [0.717, 1.165) is 45.8 Å². The summed E-state index contributed by atoms with van der Waals surface area (Å²) < 4.78 is 9.43. The third kappa shape index (κ3) is 5.56. The third-order valence-corrected chi connectivity index (χ3v) is 15.9. The van der Waals surface area contributed by atoms with Crippen LogP contribution in [-0.2, 0) is 10.8 Å². The highest BCUT2D eigenvalue weighted by Gasteiger charge is 2.46. The van der Waals surface area contributed by atoms with Gasteiger partial charge in [-0.3, -0.25) is 0 Å². The number of anilines is 5. The van der Waals surface area contributed by atoms with Gasteiger partial charge in [0.15, 0.2) is 0 Å². The van der Waals surface area contributed by atoms with Crippen LogP contribution < -0.4 is 20.6 Å². The zero-order valence-electron chi connectivity index (χ0n) is 39.1. The first kappa shape index (κ1) is 39.4. The lowest BCUT2D eigenvalue weighted by Gasteiger charge is -2.45. The smallest absolute Gasteiger partial charge is 0.333 e. The van der Waals surface area contributed by atoms with Crippen molar-refractivity contribution < 1.29 is 4.42 Å². The van der Waals surface area contributed by atoms with Crippen LogP contribution in [0.3, 0.4) is 0 Å². The second-order valence-electron chi connectivity index (χ2n) is 20.8. The van der Waals surface area contributed by atoms with Crippen molar-refractivity contribution in [3.63, 3.8) is 0 Å². The number of fused-ring (bicyclic) bond motifs is 12. The SMILES string of the molecule is Cc1cc2c3c4c1c1c5ccccc5ccc1n4-c1cc4oc(-c5ccccc5)cc4cc1B3N(c1ccc3c(c1)C(C)(C)CCC3(C)C)c1ccc(N(c3ccccc3)c3ccccc3)cc1-2. The Morgan fingerprint density at radius 3 is 1.99 bits per heavy atom. The normalized spacial score (nSPS) is 15.2. The molecular weight excluding hydrogens is 826 g/mol. The molecule has 0 amide bonds. The molecule has 1 aliphatic carbocycles. The molecule has 9 aromatic carbocycles. The molecule has 2 aromatic heterocycles. The summed E-state index contributed by atoms with van der Waals surface area (Å²) in [7, 11) is 0. The fraction of sp³-hybridized carbons (Fsp3) is 0.143. The molecule has 0 saturated heterocycles. The summed E-state index contributed by atoms with van der Waals surface area (Å²) in [6, 6.07) is 69.9. The van der Waals surface area contributed by atoms with Crippen LogP contribution in [0.5, 0.6) is 0 Å². The molecule has 4 nitrogen and oxygen atoms in total. The summed E-state index contributed by atoms with van der Waals surface area (Å²) in [5, 5.41) is 6.25. The summed E-state index contributed by atoms with van der Waals surface area (Å²) in [5.74, 6) is 0.879. The van der Waals surface area contributed by atoms with E-state index in [0.29, 0.717) is 0 Å². The molecule has 3 aliphatic rings. The molecule has 11 aromatic rings. The van der Waals surface area contributed by atoms with E-state index < -0.39 is 0 Å². The van der Waals surface area contributed by atoms with Crippen molar-refractivity contribution in [3.8, 4) is 28.1 Å². The molecule has 68 heavy (non-hydrogen) atoms. The predicted molar refractivity (Wildman–Crippen MR) is 287 cm³/mol. The summed E-state index contributed by atoms with van der Waals surface area (Å²) in [4.78, 5) is 5.10. The van der Waals surface area contributed by atoms with Crippen LogP contribution in [0.1, 0.15) is 57.2 Å². The van der Waals surface area contributed by atoms with Crippen LogP contribution in [0.2, 0.25) is 0 Å². The second-order valence-corrected chi connectivity index (χ2v) is 20.8. The van der Waals surface area contributed by atoms with E-state index >= 15 is 0 Å². The Bertz CT molecular complexity index is 3840. The van der Waals surface area contributed by atoms with Crippen LogP contribution in [0.4, 0.5) is 28.4 Å². The van der Waals surface area contributed by atoms with E-state index in [1.54, 1.807) is 0 Å². The van der Waals surface area contributed by atoms with E-state index in [9.17, 15) is 0 Å². The van der Waals surface area contributed by atoms with Crippen LogP contribution in [0.25, 0.3) is 71.7 Å². The summed E-state index contributed by atoms with van der Waals surface area (Å²) >= 11 is 0. The van der Waals surface area contributed by atoms with Crippen LogP contribution in [0, 0.1) is 6.92 Å². The Hall–Kier alpha value is -7.76. The average Bonchev–Trinajstić information content (AvgIpc) is 3.96. The topological polar surface area (TPSA) is 24.6 Å². The average molecular weight is 876 g/mol. The third-order valence-electron chi connectivity index (χ3n) is 15.9. The first-order valence-corrected chi connectivity index (χ1v) is 24.2. The van der Waals surface area contributed by atoms with Gasteiger partial charge in [0.05, 0.1) is 11.0 Å². The van der Waals surface area contributed by atoms with Crippen LogP contribution >= 0.6 is 0 Å². The van der Waals surface area contributed by atoms with Gasteiger partial charge in [0.25, 0.3) is 0 Å². The van der Waals surface area contributed by atoms with Gasteiger partial charge < -0.3 is 18.7 Å². The van der Waals surface area contributed by atoms with E-state index in [2.05, 4.69) is 237 Å². The van der Waals surface area contributed by atoms with Crippen molar-refractivity contribution in [2.75, 3.05) is 9.71 Å². The number of hydrogen-bond donors (Lipinski definition) is 0. The van der Waals surface area contributed by atoms with E-state index in [1.807, 2.05) is 0 Å². The van der Waals surface area contributed by atoms with Gasteiger partial charge in [0, 0.05) is 67.5 Å². The number of hydrogen-bond acceptors (Lipinski definition) is 3. The number of benzene rings is 9. The Kier molecular flexibility index (Phi) is 8.19. The molecule has 14 rings (SSSR count). The zero-order valence-corrected chi connectivity index (χ0v) is 39.1. The Labute approximate surface area is 397 Å². The molecule has 5 heteroatoms. The van der Waals surface area contributed by atoms with Crippen molar-refractivity contribution in [1.29, 1.82) is 0 Å². The first-order chi connectivity index (χ1) is 33.1. The quantitative estimate of drug-likeness (QED) is 0.161. The van der Waals surface area contributed by atoms with Gasteiger partial charge in [-0.05, 0) is 141 Å². The van der Waals surface area contributed by atoms with E-state index in [4.69, 9.17) is 4.42 Å². The van der Waals surface area contributed by atoms with E-state index in [1.165, 1.54) is 94.8 Å². The molecule has 0 radical (unpaired) electrons. The highest BCUT2D eigenvalue weighted by molar-refractivity contribution is 6.94. The fourth-order valence-corrected chi connectivity index (χ4v) is 12.5. The Morgan fingerprint density at radius 1 is 0.544 bits per heavy atom. The van der Waals surface area contributed by atoms with Crippen molar-refractivity contribution in [2.24, 2.45) is 0 Å². The molecule has 0 saturated carbocycles. The minimum absolute atomic E-state index is 0.0340. The van der Waals surface area contributed by atoms with Gasteiger partial charge in [0.2, 0.25) is 0 Å². The van der Waals surface area contributed by atoms with Gasteiger partial charge in [-0.2, -0.15) is 0 Å². The van der Waals surface area contributed by atoms with Crippen molar-refractivity contribution in [2.45, 2.75) is 58.3 Å². The molecule has 0 N–H and O–H groups in total. The first-order valence-electron chi connectivity index (χ1n) is 24.2. The van der Waals surface area contributed by atoms with Gasteiger partial charge in [-0.1, -0.05) is 143 Å². The molecule has 0 bridgehead atoms. The summed E-state index contributed by atoms with van der Waals surface area (Å²) in [6.45, 7) is 11.9. The number of nitrogens with zero attached hydrogens (tertiary/aromatic N) is 3. The van der Waals surface area contributed by atoms with Crippen molar-refractivity contribution in [3.05, 3.63) is 205 Å². The maximum absolute atomic E-state index is 6.84. The number of rotatable bonds is 5. The van der Waals surface area contributed by atoms with Crippen molar-refractivity contribution in [1.82, 2.24) is 4.57 Å². The molecule has 0 spiro atoms. The highest BCUT2D eigenvalue weighted by Crippen LogP contribution is 2.52. The number of aromatic nitrogens is 1. The molecule has 0 unspecified atom stereocenters. The molecular formula is C63H50BN3O. The van der Waals surface area contributed by atoms with Gasteiger partial charge in [-0.15, -0.1) is 0 Å².